The van der Waals surface area contributed by atoms with Gasteiger partial charge in [0.1, 0.15) is 0 Å². The molecule has 0 bridgehead atoms. The van der Waals surface area contributed by atoms with E-state index in [0.717, 1.165) is 67.0 Å². The fourth-order valence-electron chi connectivity index (χ4n) is 4.11. The van der Waals surface area contributed by atoms with E-state index in [4.69, 9.17) is 11.6 Å². The number of Topliss-reactive ketones (excluding diaryl/α,β-unsaturated/α-hetero) is 1. The minimum atomic E-state index is -3.51. The number of ketones is 1. The SMILES string of the molecule is Cl.O=C(CCCCNCCc1ccccc1Cl)c1cc2c3c(c1)NS(=O)(=O)N3CCC2. The highest BCUT2D eigenvalue weighted by molar-refractivity contribution is 7.94. The zero-order valence-corrected chi connectivity index (χ0v) is 19.6. The lowest BCUT2D eigenvalue weighted by molar-refractivity contribution is 0.0979. The summed E-state index contributed by atoms with van der Waals surface area (Å²) in [5, 5.41) is 4.19. The number of hydrogen-bond acceptors (Lipinski definition) is 4. The number of hydrogen-bond donors (Lipinski definition) is 2. The molecule has 2 N–H and O–H groups in total. The monoisotopic (exact) mass is 483 g/mol. The van der Waals surface area contributed by atoms with E-state index in [-0.39, 0.29) is 18.2 Å². The van der Waals surface area contributed by atoms with E-state index in [2.05, 4.69) is 10.0 Å². The molecule has 31 heavy (non-hydrogen) atoms. The highest BCUT2D eigenvalue weighted by Gasteiger charge is 2.37. The largest absolute Gasteiger partial charge is 0.324 e. The molecule has 0 fully saturated rings. The van der Waals surface area contributed by atoms with Crippen LogP contribution in [0.2, 0.25) is 5.02 Å². The van der Waals surface area contributed by atoms with Crippen molar-refractivity contribution >= 4 is 51.4 Å². The smallest absolute Gasteiger partial charge is 0.316 e. The van der Waals surface area contributed by atoms with Crippen LogP contribution in [0.4, 0.5) is 11.4 Å². The fourth-order valence-corrected chi connectivity index (χ4v) is 5.71. The first-order chi connectivity index (χ1) is 14.5. The first-order valence-corrected chi connectivity index (χ1v) is 12.2. The summed E-state index contributed by atoms with van der Waals surface area (Å²) in [5.74, 6) is 0.0633. The maximum absolute atomic E-state index is 12.7. The van der Waals surface area contributed by atoms with Gasteiger partial charge >= 0.3 is 10.2 Å². The maximum Gasteiger partial charge on any atom is 0.324 e. The second-order valence-electron chi connectivity index (χ2n) is 7.79. The van der Waals surface area contributed by atoms with Gasteiger partial charge in [-0.2, -0.15) is 8.42 Å². The van der Waals surface area contributed by atoms with E-state index in [1.54, 1.807) is 6.07 Å². The average molecular weight is 484 g/mol. The second kappa shape index (κ2) is 10.2. The molecule has 168 valence electrons. The summed E-state index contributed by atoms with van der Waals surface area (Å²) < 4.78 is 28.5. The lowest BCUT2D eigenvalue weighted by Crippen LogP contribution is -2.33. The lowest BCUT2D eigenvalue weighted by Gasteiger charge is -2.24. The molecule has 2 aromatic carbocycles. The number of anilines is 2. The van der Waals surface area contributed by atoms with Gasteiger partial charge in [-0.3, -0.25) is 13.8 Å². The molecule has 6 nitrogen and oxygen atoms in total. The van der Waals surface area contributed by atoms with Crippen LogP contribution in [-0.2, 0) is 23.1 Å². The number of benzene rings is 2. The van der Waals surface area contributed by atoms with Crippen LogP contribution >= 0.6 is 24.0 Å². The van der Waals surface area contributed by atoms with Gasteiger partial charge < -0.3 is 5.32 Å². The number of carbonyl (C=O) groups excluding carboxylic acids is 1. The highest BCUT2D eigenvalue weighted by atomic mass is 35.5. The van der Waals surface area contributed by atoms with Crippen molar-refractivity contribution in [1.82, 2.24) is 5.32 Å². The van der Waals surface area contributed by atoms with Crippen LogP contribution in [0.3, 0.4) is 0 Å². The third kappa shape index (κ3) is 5.34. The minimum Gasteiger partial charge on any atom is -0.316 e. The van der Waals surface area contributed by atoms with E-state index in [9.17, 15) is 13.2 Å². The van der Waals surface area contributed by atoms with Gasteiger partial charge in [0.2, 0.25) is 0 Å². The molecule has 0 radical (unpaired) electrons. The van der Waals surface area contributed by atoms with Gasteiger partial charge in [0.05, 0.1) is 11.4 Å². The third-order valence-electron chi connectivity index (χ3n) is 5.63. The zero-order valence-electron chi connectivity index (χ0n) is 17.2. The molecule has 4 rings (SSSR count). The molecule has 0 unspecified atom stereocenters. The summed E-state index contributed by atoms with van der Waals surface area (Å²) in [4.78, 5) is 12.7. The molecule has 0 atom stereocenters. The number of carbonyl (C=O) groups is 1. The molecule has 2 aromatic rings. The predicted octanol–water partition coefficient (Wildman–Crippen LogP) is 4.37. The summed E-state index contributed by atoms with van der Waals surface area (Å²) in [7, 11) is -3.51. The Kier molecular flexibility index (Phi) is 7.86. The molecule has 2 heterocycles. The van der Waals surface area contributed by atoms with Gasteiger partial charge in [-0.1, -0.05) is 29.8 Å². The Labute approximate surface area is 194 Å². The number of rotatable bonds is 9. The first kappa shape index (κ1) is 23.9. The summed E-state index contributed by atoms with van der Waals surface area (Å²) >= 11 is 6.16. The molecule has 2 aliphatic rings. The Bertz CT molecular complexity index is 1060. The predicted molar refractivity (Wildman–Crippen MR) is 128 cm³/mol. The van der Waals surface area contributed by atoms with Crippen LogP contribution in [0.25, 0.3) is 0 Å². The molecular weight excluding hydrogens is 457 g/mol. The third-order valence-corrected chi connectivity index (χ3v) is 7.42. The van der Waals surface area contributed by atoms with Gasteiger partial charge in [-0.25, -0.2) is 0 Å². The molecule has 0 spiro atoms. The number of halogens is 2. The van der Waals surface area contributed by atoms with Crippen LogP contribution in [0.15, 0.2) is 36.4 Å². The van der Waals surface area contributed by atoms with Crippen molar-refractivity contribution in [2.45, 2.75) is 38.5 Å². The van der Waals surface area contributed by atoms with Crippen molar-refractivity contribution < 1.29 is 13.2 Å². The summed E-state index contributed by atoms with van der Waals surface area (Å²) in [6, 6.07) is 11.4. The molecule has 2 aliphatic heterocycles. The molecule has 0 saturated heterocycles. The second-order valence-corrected chi connectivity index (χ2v) is 9.79. The summed E-state index contributed by atoms with van der Waals surface area (Å²) in [5.41, 5.74) is 3.94. The van der Waals surface area contributed by atoms with E-state index >= 15 is 0 Å². The standard InChI is InChI=1S/C22H26ClN3O3S.ClH/c23-19-8-2-1-6-16(19)10-12-24-11-4-3-9-21(27)18-14-17-7-5-13-26-22(17)20(15-18)25-30(26,28)29;/h1-2,6,8,14-15,24-25H,3-5,7,9-13H2;1H. The summed E-state index contributed by atoms with van der Waals surface area (Å²) in [6.45, 7) is 2.19. The number of aryl methyl sites for hydroxylation is 1. The van der Waals surface area contributed by atoms with Crippen LogP contribution in [0.5, 0.6) is 0 Å². The molecule has 0 amide bonds. The number of nitrogens with zero attached hydrogens (tertiary/aromatic N) is 1. The first-order valence-electron chi connectivity index (χ1n) is 10.4. The van der Waals surface area contributed by atoms with Crippen molar-refractivity contribution in [3.63, 3.8) is 0 Å². The number of nitrogens with one attached hydrogen (secondary N) is 2. The topological polar surface area (TPSA) is 78.5 Å². The van der Waals surface area contributed by atoms with Crippen molar-refractivity contribution in [2.24, 2.45) is 0 Å². The van der Waals surface area contributed by atoms with Crippen molar-refractivity contribution in [3.8, 4) is 0 Å². The van der Waals surface area contributed by atoms with Crippen molar-refractivity contribution in [3.05, 3.63) is 58.1 Å². The molecule has 9 heteroatoms. The van der Waals surface area contributed by atoms with Crippen LogP contribution in [0.1, 0.15) is 47.2 Å². The Balaban J connectivity index is 0.00000272. The molecule has 0 saturated carbocycles. The van der Waals surface area contributed by atoms with Gasteiger partial charge in [0.15, 0.2) is 5.78 Å². The summed E-state index contributed by atoms with van der Waals surface area (Å²) in [6.07, 6.45) is 4.61. The molecule has 0 aromatic heterocycles. The fraction of sp³-hybridized carbons (Fsp3) is 0.409. The Morgan fingerprint density at radius 1 is 1.16 bits per heavy atom. The minimum absolute atomic E-state index is 0. The average Bonchev–Trinajstić information content (AvgIpc) is 2.99. The highest BCUT2D eigenvalue weighted by Crippen LogP contribution is 2.42. The van der Waals surface area contributed by atoms with E-state index < -0.39 is 10.2 Å². The Morgan fingerprint density at radius 2 is 1.97 bits per heavy atom. The quantitative estimate of drug-likeness (QED) is 0.409. The molecular formula is C22H27Cl2N3O3S. The van der Waals surface area contributed by atoms with Gasteiger partial charge in [-0.05, 0) is 74.5 Å². The van der Waals surface area contributed by atoms with Crippen LogP contribution in [0, 0.1) is 0 Å². The number of unbranched alkanes of at least 4 members (excludes halogenated alkanes) is 1. The van der Waals surface area contributed by atoms with Crippen LogP contribution in [-0.4, -0.2) is 33.8 Å². The Hall–Kier alpha value is -1.80. The normalized spacial score (nSPS) is 15.7. The van der Waals surface area contributed by atoms with Gasteiger partial charge in [0.25, 0.3) is 0 Å². The lowest BCUT2D eigenvalue weighted by atomic mass is 9.96. The van der Waals surface area contributed by atoms with E-state index in [1.807, 2.05) is 30.3 Å². The van der Waals surface area contributed by atoms with Crippen molar-refractivity contribution in [2.75, 3.05) is 28.7 Å². The van der Waals surface area contributed by atoms with Gasteiger partial charge in [0, 0.05) is 23.6 Å². The maximum atomic E-state index is 12.7. The van der Waals surface area contributed by atoms with Gasteiger partial charge in [-0.15, -0.1) is 12.4 Å². The Morgan fingerprint density at radius 3 is 2.77 bits per heavy atom. The van der Waals surface area contributed by atoms with E-state index in [1.165, 1.54) is 4.31 Å². The molecule has 0 aliphatic carbocycles. The van der Waals surface area contributed by atoms with Crippen molar-refractivity contribution in [1.29, 1.82) is 0 Å². The van der Waals surface area contributed by atoms with E-state index in [0.29, 0.717) is 24.2 Å². The van der Waals surface area contributed by atoms with Crippen LogP contribution < -0.4 is 14.3 Å². The zero-order chi connectivity index (χ0) is 21.1.